The van der Waals surface area contributed by atoms with Gasteiger partial charge in [0.05, 0.1) is 18.3 Å². The average Bonchev–Trinajstić information content (AvgIpc) is 2.49. The summed E-state index contributed by atoms with van der Waals surface area (Å²) in [4.78, 5) is 14.5. The van der Waals surface area contributed by atoms with E-state index in [-0.39, 0.29) is 12.2 Å². The first-order valence-corrected chi connectivity index (χ1v) is 4.21. The smallest absolute Gasteiger partial charge is 0.307 e. The zero-order chi connectivity index (χ0) is 10.1. The second-order valence-corrected chi connectivity index (χ2v) is 3.12. The Hall–Kier alpha value is -1.71. The van der Waals surface area contributed by atoms with Crippen LogP contribution in [0.3, 0.4) is 0 Å². The SMILES string of the molecule is O=C(O)CC1=c2c(F)cccc2=NC1. The maximum absolute atomic E-state index is 13.3. The van der Waals surface area contributed by atoms with Crippen LogP contribution in [0.1, 0.15) is 6.42 Å². The molecule has 1 N–H and O–H groups in total. The number of rotatable bonds is 2. The van der Waals surface area contributed by atoms with E-state index in [1.807, 2.05) is 0 Å². The highest BCUT2D eigenvalue weighted by Crippen LogP contribution is 2.04. The van der Waals surface area contributed by atoms with Crippen molar-refractivity contribution in [2.24, 2.45) is 4.99 Å². The van der Waals surface area contributed by atoms with E-state index in [4.69, 9.17) is 5.11 Å². The summed E-state index contributed by atoms with van der Waals surface area (Å²) in [6.45, 7) is 0.294. The van der Waals surface area contributed by atoms with Crippen LogP contribution in [0.15, 0.2) is 23.2 Å². The Kier molecular flexibility index (Phi) is 2.04. The molecule has 0 aliphatic carbocycles. The van der Waals surface area contributed by atoms with E-state index in [9.17, 15) is 9.18 Å². The number of carbonyl (C=O) groups is 1. The molecule has 72 valence electrons. The van der Waals surface area contributed by atoms with Crippen molar-refractivity contribution in [2.45, 2.75) is 6.42 Å². The summed E-state index contributed by atoms with van der Waals surface area (Å²) in [5.74, 6) is -1.34. The molecule has 14 heavy (non-hydrogen) atoms. The van der Waals surface area contributed by atoms with Gasteiger partial charge in [-0.15, -0.1) is 0 Å². The summed E-state index contributed by atoms with van der Waals surface area (Å²) < 4.78 is 13.3. The van der Waals surface area contributed by atoms with Gasteiger partial charge in [-0.25, -0.2) is 4.39 Å². The van der Waals surface area contributed by atoms with Crippen LogP contribution in [0, 0.1) is 5.82 Å². The molecule has 1 heterocycles. The summed E-state index contributed by atoms with van der Waals surface area (Å²) >= 11 is 0. The maximum Gasteiger partial charge on any atom is 0.307 e. The van der Waals surface area contributed by atoms with Gasteiger partial charge in [0.1, 0.15) is 5.82 Å². The normalized spacial score (nSPS) is 13.6. The van der Waals surface area contributed by atoms with Crippen molar-refractivity contribution in [2.75, 3.05) is 6.54 Å². The van der Waals surface area contributed by atoms with Gasteiger partial charge in [0.15, 0.2) is 0 Å². The van der Waals surface area contributed by atoms with Crippen LogP contribution >= 0.6 is 0 Å². The fourth-order valence-electron chi connectivity index (χ4n) is 1.58. The van der Waals surface area contributed by atoms with E-state index >= 15 is 0 Å². The number of nitrogens with zero attached hydrogens (tertiary/aromatic N) is 1. The summed E-state index contributed by atoms with van der Waals surface area (Å²) in [6.07, 6.45) is -0.141. The second kappa shape index (κ2) is 3.21. The van der Waals surface area contributed by atoms with Gasteiger partial charge in [0.25, 0.3) is 0 Å². The Labute approximate surface area is 79.2 Å². The number of carboxylic acid groups (broad SMARTS) is 1. The molecular weight excluding hydrogens is 185 g/mol. The largest absolute Gasteiger partial charge is 0.481 e. The lowest BCUT2D eigenvalue weighted by Gasteiger charge is -1.95. The van der Waals surface area contributed by atoms with Crippen LogP contribution in [0.5, 0.6) is 0 Å². The molecule has 0 aromatic heterocycles. The van der Waals surface area contributed by atoms with Crippen LogP contribution in [0.2, 0.25) is 0 Å². The van der Waals surface area contributed by atoms with E-state index in [0.29, 0.717) is 22.7 Å². The van der Waals surface area contributed by atoms with Crippen molar-refractivity contribution < 1.29 is 14.3 Å². The Morgan fingerprint density at radius 3 is 3.07 bits per heavy atom. The standard InChI is InChI=1S/C10H8FNO2/c11-7-2-1-3-8-10(7)6(5-12-8)4-9(13)14/h1-3H,4-5H2,(H,13,14). The molecule has 0 spiro atoms. The van der Waals surface area contributed by atoms with Crippen molar-refractivity contribution in [1.29, 1.82) is 0 Å². The van der Waals surface area contributed by atoms with E-state index in [1.54, 1.807) is 12.1 Å². The molecular formula is C10H8FNO2. The molecule has 0 fully saturated rings. The Bertz CT molecular complexity index is 507. The van der Waals surface area contributed by atoms with Gasteiger partial charge in [0, 0.05) is 5.22 Å². The number of hydrogen-bond acceptors (Lipinski definition) is 2. The van der Waals surface area contributed by atoms with E-state index in [0.717, 1.165) is 0 Å². The van der Waals surface area contributed by atoms with Gasteiger partial charge in [0.2, 0.25) is 0 Å². The highest BCUT2D eigenvalue weighted by atomic mass is 19.1. The first-order chi connectivity index (χ1) is 6.68. The lowest BCUT2D eigenvalue weighted by atomic mass is 10.1. The molecule has 2 rings (SSSR count). The highest BCUT2D eigenvalue weighted by molar-refractivity contribution is 5.78. The molecule has 1 aromatic rings. The van der Waals surface area contributed by atoms with Crippen molar-refractivity contribution in [3.63, 3.8) is 0 Å². The molecule has 0 atom stereocenters. The lowest BCUT2D eigenvalue weighted by molar-refractivity contribution is -0.135. The zero-order valence-electron chi connectivity index (χ0n) is 7.33. The Morgan fingerprint density at radius 1 is 1.57 bits per heavy atom. The third-order valence-electron chi connectivity index (χ3n) is 2.15. The van der Waals surface area contributed by atoms with E-state index < -0.39 is 5.97 Å². The molecule has 1 aromatic carbocycles. The van der Waals surface area contributed by atoms with Gasteiger partial charge in [-0.05, 0) is 17.7 Å². The fraction of sp³-hybridized carbons (Fsp3) is 0.200. The minimum absolute atomic E-state index is 0.141. The van der Waals surface area contributed by atoms with Gasteiger partial charge in [-0.1, -0.05) is 6.07 Å². The van der Waals surface area contributed by atoms with Crippen molar-refractivity contribution in [3.05, 3.63) is 34.6 Å². The lowest BCUT2D eigenvalue weighted by Crippen LogP contribution is -2.27. The number of halogens is 1. The maximum atomic E-state index is 13.3. The third-order valence-corrected chi connectivity index (χ3v) is 2.15. The molecule has 1 aliphatic heterocycles. The molecule has 4 heteroatoms. The molecule has 0 saturated heterocycles. The van der Waals surface area contributed by atoms with Gasteiger partial charge < -0.3 is 5.11 Å². The minimum atomic E-state index is -0.952. The summed E-state index contributed by atoms with van der Waals surface area (Å²) in [7, 11) is 0. The van der Waals surface area contributed by atoms with Crippen LogP contribution < -0.4 is 10.6 Å². The summed E-state index contributed by atoms with van der Waals surface area (Å²) in [5, 5.41) is 9.53. The van der Waals surface area contributed by atoms with Crippen molar-refractivity contribution >= 4 is 11.5 Å². The highest BCUT2D eigenvalue weighted by Gasteiger charge is 2.12. The van der Waals surface area contributed by atoms with Crippen LogP contribution in [-0.2, 0) is 4.79 Å². The number of aliphatic carboxylic acids is 1. The van der Waals surface area contributed by atoms with E-state index in [2.05, 4.69) is 4.99 Å². The first-order valence-electron chi connectivity index (χ1n) is 4.21. The predicted octanol–water partition coefficient (Wildman–Crippen LogP) is 0.0843. The number of fused-ring (bicyclic) bond motifs is 1. The second-order valence-electron chi connectivity index (χ2n) is 3.12. The van der Waals surface area contributed by atoms with Crippen LogP contribution in [0.4, 0.5) is 4.39 Å². The monoisotopic (exact) mass is 193 g/mol. The fourth-order valence-corrected chi connectivity index (χ4v) is 1.58. The third kappa shape index (κ3) is 1.39. The summed E-state index contributed by atoms with van der Waals surface area (Å²) in [6, 6.07) is 4.58. The quantitative estimate of drug-likeness (QED) is 0.723. The molecule has 0 amide bonds. The number of hydrogen-bond donors (Lipinski definition) is 1. The molecule has 1 aliphatic rings. The molecule has 0 bridgehead atoms. The van der Waals surface area contributed by atoms with Crippen LogP contribution in [0.25, 0.3) is 5.57 Å². The topological polar surface area (TPSA) is 49.7 Å². The van der Waals surface area contributed by atoms with Gasteiger partial charge >= 0.3 is 5.97 Å². The minimum Gasteiger partial charge on any atom is -0.481 e. The van der Waals surface area contributed by atoms with Crippen molar-refractivity contribution in [1.82, 2.24) is 0 Å². The van der Waals surface area contributed by atoms with Gasteiger partial charge in [-0.3, -0.25) is 9.79 Å². The Balaban J connectivity index is 2.64. The zero-order valence-corrected chi connectivity index (χ0v) is 7.33. The van der Waals surface area contributed by atoms with Crippen LogP contribution in [-0.4, -0.2) is 17.6 Å². The molecule has 0 saturated carbocycles. The molecule has 0 unspecified atom stereocenters. The Morgan fingerprint density at radius 2 is 2.36 bits per heavy atom. The van der Waals surface area contributed by atoms with Crippen molar-refractivity contribution in [3.8, 4) is 0 Å². The summed E-state index contributed by atoms with van der Waals surface area (Å²) in [5.41, 5.74) is 0.547. The van der Waals surface area contributed by atoms with Gasteiger partial charge in [-0.2, -0.15) is 0 Å². The predicted molar refractivity (Wildman–Crippen MR) is 47.7 cm³/mol. The first kappa shape index (κ1) is 8.87. The molecule has 0 radical (unpaired) electrons. The average molecular weight is 193 g/mol. The number of carboxylic acids is 1. The number of benzene rings is 1. The van der Waals surface area contributed by atoms with E-state index in [1.165, 1.54) is 6.07 Å². The molecule has 3 nitrogen and oxygen atoms in total.